The van der Waals surface area contributed by atoms with Crippen LogP contribution in [-0.4, -0.2) is 40.9 Å². The second-order valence-corrected chi connectivity index (χ2v) is 7.81. The van der Waals surface area contributed by atoms with Crippen LogP contribution in [-0.2, 0) is 0 Å². The van der Waals surface area contributed by atoms with Crippen LogP contribution in [0.4, 0.5) is 17.2 Å². The molecule has 6 nitrogen and oxygen atoms in total. The third-order valence-electron chi connectivity index (χ3n) is 5.45. The second-order valence-electron chi connectivity index (χ2n) is 7.40. The fourth-order valence-corrected chi connectivity index (χ4v) is 4.03. The number of nitrogens with zero attached hydrogens (tertiary/aromatic N) is 4. The van der Waals surface area contributed by atoms with Crippen LogP contribution < -0.4 is 15.5 Å². The van der Waals surface area contributed by atoms with Crippen LogP contribution in [0.5, 0.6) is 0 Å². The Hall–Kier alpha value is -2.31. The predicted molar refractivity (Wildman–Crippen MR) is 110 cm³/mol. The average molecular weight is 383 g/mol. The van der Waals surface area contributed by atoms with Crippen molar-refractivity contribution < 1.29 is 0 Å². The molecule has 2 N–H and O–H groups in total. The Labute approximate surface area is 163 Å². The first-order valence-corrected chi connectivity index (χ1v) is 9.93. The van der Waals surface area contributed by atoms with Crippen LogP contribution in [0.25, 0.3) is 10.8 Å². The third-order valence-corrected chi connectivity index (χ3v) is 5.75. The van der Waals surface area contributed by atoms with Gasteiger partial charge in [0.1, 0.15) is 5.82 Å². The topological polar surface area (TPSA) is 58.0 Å². The number of halogens is 1. The smallest absolute Gasteiger partial charge is 0.131 e. The summed E-state index contributed by atoms with van der Waals surface area (Å²) in [5.41, 5.74) is 3.28. The maximum Gasteiger partial charge on any atom is 0.131 e. The molecule has 1 aliphatic heterocycles. The van der Waals surface area contributed by atoms with E-state index in [9.17, 15) is 0 Å². The van der Waals surface area contributed by atoms with Gasteiger partial charge >= 0.3 is 0 Å². The Morgan fingerprint density at radius 1 is 1.11 bits per heavy atom. The minimum Gasteiger partial charge on any atom is -0.368 e. The van der Waals surface area contributed by atoms with E-state index in [2.05, 4.69) is 49.4 Å². The lowest BCUT2D eigenvalue weighted by molar-refractivity contribution is 0.589. The van der Waals surface area contributed by atoms with E-state index >= 15 is 0 Å². The molecular formula is C20H23ClN6. The average Bonchev–Trinajstić information content (AvgIpc) is 3.47. The number of aromatic nitrogens is 3. The first-order valence-electron chi connectivity index (χ1n) is 9.55. The molecule has 1 aromatic carbocycles. The van der Waals surface area contributed by atoms with Gasteiger partial charge in [0.2, 0.25) is 0 Å². The van der Waals surface area contributed by atoms with Gasteiger partial charge < -0.3 is 15.5 Å². The van der Waals surface area contributed by atoms with Crippen molar-refractivity contribution in [2.75, 3.05) is 36.4 Å². The van der Waals surface area contributed by atoms with Gasteiger partial charge in [-0.1, -0.05) is 11.6 Å². The molecule has 2 fully saturated rings. The Morgan fingerprint density at radius 3 is 2.70 bits per heavy atom. The van der Waals surface area contributed by atoms with Crippen molar-refractivity contribution in [2.24, 2.45) is 0 Å². The zero-order chi connectivity index (χ0) is 18.4. The minimum absolute atomic E-state index is 0.578. The fraction of sp³-hybridized carbons (Fsp3) is 0.400. The summed E-state index contributed by atoms with van der Waals surface area (Å²) in [7, 11) is 0. The summed E-state index contributed by atoms with van der Waals surface area (Å²) >= 11 is 6.55. The van der Waals surface area contributed by atoms with Gasteiger partial charge in [0.15, 0.2) is 0 Å². The van der Waals surface area contributed by atoms with Crippen LogP contribution >= 0.6 is 11.6 Å². The molecule has 1 saturated carbocycles. The number of anilines is 3. The third kappa shape index (κ3) is 3.24. The first kappa shape index (κ1) is 16.8. The van der Waals surface area contributed by atoms with Gasteiger partial charge in [-0.3, -0.25) is 4.68 Å². The fourth-order valence-electron chi connectivity index (χ4n) is 3.74. The van der Waals surface area contributed by atoms with Crippen molar-refractivity contribution >= 4 is 39.6 Å². The van der Waals surface area contributed by atoms with E-state index in [1.165, 1.54) is 12.8 Å². The van der Waals surface area contributed by atoms with E-state index in [1.807, 2.05) is 18.5 Å². The molecule has 7 heteroatoms. The summed E-state index contributed by atoms with van der Waals surface area (Å²) in [5.74, 6) is 0.828. The number of piperazine rings is 1. The monoisotopic (exact) mass is 382 g/mol. The summed E-state index contributed by atoms with van der Waals surface area (Å²) in [4.78, 5) is 6.91. The van der Waals surface area contributed by atoms with Gasteiger partial charge in [-0.15, -0.1) is 0 Å². The van der Waals surface area contributed by atoms with Gasteiger partial charge in [0.05, 0.1) is 34.3 Å². The van der Waals surface area contributed by atoms with Gasteiger partial charge in [-0.05, 0) is 43.4 Å². The van der Waals surface area contributed by atoms with Gasteiger partial charge in [0.25, 0.3) is 0 Å². The van der Waals surface area contributed by atoms with Gasteiger partial charge in [-0.25, -0.2) is 4.98 Å². The molecule has 2 aliphatic rings. The Balaban J connectivity index is 1.46. The zero-order valence-corrected chi connectivity index (χ0v) is 16.1. The van der Waals surface area contributed by atoms with Crippen LogP contribution in [0.1, 0.15) is 24.6 Å². The predicted octanol–water partition coefficient (Wildman–Crippen LogP) is 3.88. The molecule has 5 rings (SSSR count). The number of hydrogen-bond acceptors (Lipinski definition) is 5. The van der Waals surface area contributed by atoms with E-state index in [4.69, 9.17) is 11.6 Å². The van der Waals surface area contributed by atoms with Crippen molar-refractivity contribution in [3.8, 4) is 0 Å². The van der Waals surface area contributed by atoms with Crippen molar-refractivity contribution in [1.29, 1.82) is 0 Å². The highest BCUT2D eigenvalue weighted by atomic mass is 35.5. The van der Waals surface area contributed by atoms with E-state index in [0.29, 0.717) is 6.04 Å². The largest absolute Gasteiger partial charge is 0.368 e. The number of hydrogen-bond donors (Lipinski definition) is 2. The molecule has 0 amide bonds. The molecule has 140 valence electrons. The first-order chi connectivity index (χ1) is 13.2. The second kappa shape index (κ2) is 6.69. The highest BCUT2D eigenvalue weighted by molar-refractivity contribution is 6.34. The van der Waals surface area contributed by atoms with Crippen LogP contribution in [0.15, 0.2) is 30.6 Å². The van der Waals surface area contributed by atoms with Crippen LogP contribution in [0.3, 0.4) is 0 Å². The maximum absolute atomic E-state index is 6.55. The molecule has 1 saturated heterocycles. The Bertz CT molecular complexity index is 988. The summed E-state index contributed by atoms with van der Waals surface area (Å²) in [6.45, 7) is 6.03. The lowest BCUT2D eigenvalue weighted by atomic mass is 10.1. The number of fused-ring (bicyclic) bond motifs is 1. The van der Waals surface area contributed by atoms with Gasteiger partial charge in [-0.2, -0.15) is 5.10 Å². The van der Waals surface area contributed by atoms with Crippen molar-refractivity contribution in [3.05, 3.63) is 41.3 Å². The lowest BCUT2D eigenvalue weighted by Crippen LogP contribution is -2.43. The Kier molecular flexibility index (Phi) is 4.17. The van der Waals surface area contributed by atoms with Crippen LogP contribution in [0, 0.1) is 6.92 Å². The van der Waals surface area contributed by atoms with Crippen molar-refractivity contribution in [3.63, 3.8) is 0 Å². The van der Waals surface area contributed by atoms with Crippen LogP contribution in [0.2, 0.25) is 5.02 Å². The summed E-state index contributed by atoms with van der Waals surface area (Å²) in [6.07, 6.45) is 6.23. The molecule has 0 atom stereocenters. The van der Waals surface area contributed by atoms with E-state index < -0.39 is 0 Å². The zero-order valence-electron chi connectivity index (χ0n) is 15.4. The number of rotatable bonds is 4. The number of benzene rings is 1. The maximum atomic E-state index is 6.55. The number of pyridine rings is 1. The SMILES string of the molecule is Cc1c(Nc2cc3cc(N4CCNCC4)c(Cl)cc3cn2)cnn1C1CC1. The van der Waals surface area contributed by atoms with E-state index in [-0.39, 0.29) is 0 Å². The minimum atomic E-state index is 0.578. The Morgan fingerprint density at radius 2 is 1.93 bits per heavy atom. The quantitative estimate of drug-likeness (QED) is 0.717. The van der Waals surface area contributed by atoms with Crippen molar-refractivity contribution in [1.82, 2.24) is 20.1 Å². The molecule has 3 heterocycles. The highest BCUT2D eigenvalue weighted by Gasteiger charge is 2.26. The van der Waals surface area contributed by atoms with E-state index in [1.54, 1.807) is 0 Å². The molecule has 0 bridgehead atoms. The van der Waals surface area contributed by atoms with Gasteiger partial charge in [0, 0.05) is 37.8 Å². The lowest BCUT2D eigenvalue weighted by Gasteiger charge is -2.30. The molecule has 2 aromatic heterocycles. The molecule has 0 unspecified atom stereocenters. The molecule has 3 aromatic rings. The standard InChI is InChI=1S/C20H23ClN6/c1-13-18(12-24-27(13)16-2-3-16)25-20-10-14-9-19(26-6-4-22-5-7-26)17(21)8-15(14)11-23-20/h8-12,16,22H,2-7H2,1H3,(H,23,25). The molecule has 0 spiro atoms. The molecule has 27 heavy (non-hydrogen) atoms. The number of nitrogens with one attached hydrogen (secondary N) is 2. The molecular weight excluding hydrogens is 360 g/mol. The molecule has 0 radical (unpaired) electrons. The summed E-state index contributed by atoms with van der Waals surface area (Å²) in [6, 6.07) is 6.86. The van der Waals surface area contributed by atoms with Crippen molar-refractivity contribution in [2.45, 2.75) is 25.8 Å². The molecule has 1 aliphatic carbocycles. The summed E-state index contributed by atoms with van der Waals surface area (Å²) in [5, 5.41) is 14.3. The highest BCUT2D eigenvalue weighted by Crippen LogP contribution is 2.37. The normalized spacial score (nSPS) is 17.5. The van der Waals surface area contributed by atoms with E-state index in [0.717, 1.165) is 64.9 Å². The summed E-state index contributed by atoms with van der Waals surface area (Å²) < 4.78 is 2.12.